The van der Waals surface area contributed by atoms with Crippen LogP contribution in [-0.2, 0) is 17.4 Å². The Labute approximate surface area is 201 Å². The van der Waals surface area contributed by atoms with Gasteiger partial charge in [-0.05, 0) is 42.6 Å². The second-order valence-electron chi connectivity index (χ2n) is 10.5. The highest BCUT2D eigenvalue weighted by molar-refractivity contribution is 5.85. The molecule has 1 unspecified atom stereocenters. The van der Waals surface area contributed by atoms with Crippen LogP contribution in [0.2, 0.25) is 0 Å². The van der Waals surface area contributed by atoms with Gasteiger partial charge in [-0.2, -0.15) is 5.10 Å². The Kier molecular flexibility index (Phi) is 5.12. The van der Waals surface area contributed by atoms with E-state index in [2.05, 4.69) is 89.3 Å². The lowest BCUT2D eigenvalue weighted by molar-refractivity contribution is 0.288. The zero-order valence-electron chi connectivity index (χ0n) is 20.4. The summed E-state index contributed by atoms with van der Waals surface area (Å²) >= 11 is 0. The van der Waals surface area contributed by atoms with Crippen LogP contribution in [0, 0.1) is 0 Å². The van der Waals surface area contributed by atoms with E-state index in [1.807, 2.05) is 6.20 Å². The average molecular weight is 455 g/mol. The molecule has 3 aromatic heterocycles. The fourth-order valence-electron chi connectivity index (χ4n) is 6.05. The maximum Gasteiger partial charge on any atom is 0.137 e. The van der Waals surface area contributed by atoms with Crippen LogP contribution in [0.15, 0.2) is 54.9 Å². The Morgan fingerprint density at radius 1 is 1.12 bits per heavy atom. The van der Waals surface area contributed by atoms with Crippen LogP contribution in [0.1, 0.15) is 50.4 Å². The molecule has 2 N–H and O–H groups in total. The quantitative estimate of drug-likeness (QED) is 0.445. The summed E-state index contributed by atoms with van der Waals surface area (Å²) in [7, 11) is 0. The van der Waals surface area contributed by atoms with Crippen molar-refractivity contribution in [3.63, 3.8) is 0 Å². The normalized spacial score (nSPS) is 20.6. The highest BCUT2D eigenvalue weighted by Crippen LogP contribution is 2.44. The Morgan fingerprint density at radius 3 is 2.76 bits per heavy atom. The fraction of sp³-hybridized carbons (Fsp3) is 0.429. The molecule has 5 heterocycles. The van der Waals surface area contributed by atoms with Gasteiger partial charge < -0.3 is 10.3 Å². The number of hydrogen-bond acceptors (Lipinski definition) is 4. The number of rotatable bonds is 6. The molecule has 0 amide bonds. The van der Waals surface area contributed by atoms with E-state index in [4.69, 9.17) is 10.1 Å². The molecule has 1 saturated heterocycles. The molecule has 6 rings (SSSR count). The molecule has 6 nitrogen and oxygen atoms in total. The number of likely N-dealkylation sites (tertiary alicyclic amines) is 1. The summed E-state index contributed by atoms with van der Waals surface area (Å²) in [4.78, 5) is 10.7. The summed E-state index contributed by atoms with van der Waals surface area (Å²) in [5.74, 6) is 0. The molecule has 1 fully saturated rings. The summed E-state index contributed by atoms with van der Waals surface area (Å²) in [5.41, 5.74) is 7.15. The first-order chi connectivity index (χ1) is 16.5. The molecule has 176 valence electrons. The molecule has 4 aromatic rings. The lowest BCUT2D eigenvalue weighted by atomic mass is 9.78. The predicted octanol–water partition coefficient (Wildman–Crippen LogP) is 4.67. The van der Waals surface area contributed by atoms with Crippen molar-refractivity contribution in [1.29, 1.82) is 0 Å². The summed E-state index contributed by atoms with van der Waals surface area (Å²) < 4.78 is 2.25. The zero-order chi connectivity index (χ0) is 23.3. The molecular weight excluding hydrogens is 420 g/mol. The van der Waals surface area contributed by atoms with Crippen LogP contribution >= 0.6 is 0 Å². The van der Waals surface area contributed by atoms with Crippen LogP contribution in [0.3, 0.4) is 0 Å². The van der Waals surface area contributed by atoms with Crippen LogP contribution in [0.25, 0.3) is 22.3 Å². The second-order valence-corrected chi connectivity index (χ2v) is 10.5. The van der Waals surface area contributed by atoms with Gasteiger partial charge in [-0.1, -0.05) is 51.1 Å². The van der Waals surface area contributed by atoms with Gasteiger partial charge >= 0.3 is 0 Å². The monoisotopic (exact) mass is 454 g/mol. The molecule has 1 atom stereocenters. The van der Waals surface area contributed by atoms with Gasteiger partial charge in [0.1, 0.15) is 5.65 Å². The average Bonchev–Trinajstić information content (AvgIpc) is 3.63. The third-order valence-corrected chi connectivity index (χ3v) is 8.14. The minimum absolute atomic E-state index is 0.125. The Bertz CT molecular complexity index is 1320. The number of hydrogen-bond donors (Lipinski definition) is 2. The van der Waals surface area contributed by atoms with Crippen molar-refractivity contribution < 1.29 is 0 Å². The summed E-state index contributed by atoms with van der Waals surface area (Å²) in [6.45, 7) is 12.0. The molecule has 6 heteroatoms. The van der Waals surface area contributed by atoms with Gasteiger partial charge in [0.15, 0.2) is 0 Å². The molecule has 1 spiro atoms. The van der Waals surface area contributed by atoms with Crippen molar-refractivity contribution in [2.75, 3.05) is 26.3 Å². The van der Waals surface area contributed by atoms with Crippen LogP contribution < -0.4 is 5.32 Å². The van der Waals surface area contributed by atoms with Crippen molar-refractivity contribution in [3.8, 4) is 11.3 Å². The van der Waals surface area contributed by atoms with Crippen LogP contribution in [0.4, 0.5) is 0 Å². The van der Waals surface area contributed by atoms with Gasteiger partial charge in [0, 0.05) is 66.2 Å². The van der Waals surface area contributed by atoms with Crippen molar-refractivity contribution in [3.05, 3.63) is 71.7 Å². The Morgan fingerprint density at radius 2 is 1.94 bits per heavy atom. The lowest BCUT2D eigenvalue weighted by Crippen LogP contribution is -2.35. The van der Waals surface area contributed by atoms with Crippen molar-refractivity contribution in [2.45, 2.75) is 51.0 Å². The molecule has 2 aliphatic heterocycles. The number of nitrogens with zero attached hydrogens (tertiary/aromatic N) is 4. The smallest absolute Gasteiger partial charge is 0.137 e. The molecule has 0 saturated carbocycles. The predicted molar refractivity (Wildman–Crippen MR) is 137 cm³/mol. The van der Waals surface area contributed by atoms with Gasteiger partial charge in [0.05, 0.1) is 5.69 Å². The molecule has 34 heavy (non-hydrogen) atoms. The number of fused-ring (bicyclic) bond motifs is 3. The fourth-order valence-corrected chi connectivity index (χ4v) is 6.05. The first-order valence-corrected chi connectivity index (χ1v) is 12.6. The van der Waals surface area contributed by atoms with E-state index in [0.29, 0.717) is 0 Å². The van der Waals surface area contributed by atoms with Gasteiger partial charge in [-0.3, -0.25) is 9.58 Å². The molecule has 0 aliphatic carbocycles. The van der Waals surface area contributed by atoms with Gasteiger partial charge in [-0.25, -0.2) is 4.98 Å². The summed E-state index contributed by atoms with van der Waals surface area (Å²) in [6, 6.07) is 15.3. The highest BCUT2D eigenvalue weighted by atomic mass is 15.3. The zero-order valence-corrected chi connectivity index (χ0v) is 20.4. The second kappa shape index (κ2) is 8.07. The molecule has 0 radical (unpaired) electrons. The van der Waals surface area contributed by atoms with Crippen LogP contribution in [0.5, 0.6) is 0 Å². The van der Waals surface area contributed by atoms with E-state index in [9.17, 15) is 0 Å². The number of H-pyrrole nitrogens is 1. The number of pyridine rings is 1. The minimum atomic E-state index is -0.125. The third kappa shape index (κ3) is 3.39. The molecule has 1 aromatic carbocycles. The third-order valence-electron chi connectivity index (χ3n) is 8.14. The van der Waals surface area contributed by atoms with Gasteiger partial charge in [0.25, 0.3) is 0 Å². The summed E-state index contributed by atoms with van der Waals surface area (Å²) in [5, 5.41) is 9.70. The molecule has 0 bridgehead atoms. The molecular formula is C28H34N6. The topological polar surface area (TPSA) is 61.8 Å². The summed E-state index contributed by atoms with van der Waals surface area (Å²) in [6.07, 6.45) is 6.50. The van der Waals surface area contributed by atoms with E-state index in [1.165, 1.54) is 35.0 Å². The van der Waals surface area contributed by atoms with E-state index in [-0.39, 0.29) is 10.8 Å². The molecule has 2 aliphatic rings. The number of nitrogens with one attached hydrogen (secondary N) is 2. The first-order valence-electron chi connectivity index (χ1n) is 12.6. The Balaban J connectivity index is 1.34. The number of aromatic amines is 1. The Hall–Kier alpha value is -2.96. The number of aromatic nitrogens is 4. The first kappa shape index (κ1) is 21.6. The largest absolute Gasteiger partial charge is 0.346 e. The lowest BCUT2D eigenvalue weighted by Gasteiger charge is -2.25. The van der Waals surface area contributed by atoms with Crippen LogP contribution in [-0.4, -0.2) is 51.0 Å². The van der Waals surface area contributed by atoms with Crippen molar-refractivity contribution in [2.24, 2.45) is 0 Å². The van der Waals surface area contributed by atoms with E-state index in [0.717, 1.165) is 49.8 Å². The van der Waals surface area contributed by atoms with E-state index in [1.54, 1.807) is 0 Å². The van der Waals surface area contributed by atoms with Gasteiger partial charge in [0.2, 0.25) is 0 Å². The van der Waals surface area contributed by atoms with E-state index < -0.39 is 0 Å². The van der Waals surface area contributed by atoms with Crippen molar-refractivity contribution >= 4 is 11.0 Å². The van der Waals surface area contributed by atoms with Gasteiger partial charge in [-0.15, -0.1) is 0 Å². The maximum absolute atomic E-state index is 5.04. The SMILES string of the molecule is CCNCN1CCC2(CCn3nc(-c4cnc5[nH]cc(C(C)(C)c6ccccc6)c5c4)cc32)C1. The standard InChI is InChI=1S/C28H34N6/c1-4-29-19-33-12-10-28(18-33)11-13-34-25(28)15-24(32-34)20-14-22-23(17-31-26(22)30-16-20)27(2,3)21-8-6-5-7-9-21/h5-9,14-17,29H,4,10-13,18-19H2,1-3H3,(H,30,31). The van der Waals surface area contributed by atoms with Crippen molar-refractivity contribution in [1.82, 2.24) is 30.0 Å². The highest BCUT2D eigenvalue weighted by Gasteiger charge is 2.45. The minimum Gasteiger partial charge on any atom is -0.346 e. The van der Waals surface area contributed by atoms with E-state index >= 15 is 0 Å². The number of benzene rings is 1. The maximum atomic E-state index is 5.04. The number of aryl methyl sites for hydroxylation is 1.